The maximum atomic E-state index is 6.23. The van der Waals surface area contributed by atoms with E-state index in [1.54, 1.807) is 14.2 Å². The monoisotopic (exact) mass is 250 g/mol. The summed E-state index contributed by atoms with van der Waals surface area (Å²) in [7, 11) is 3.42. The van der Waals surface area contributed by atoms with Crippen LogP contribution in [0.3, 0.4) is 0 Å². The molecule has 18 heavy (non-hydrogen) atoms. The first kappa shape index (κ1) is 13.3. The summed E-state index contributed by atoms with van der Waals surface area (Å²) in [6, 6.07) is 8.70. The van der Waals surface area contributed by atoms with Crippen molar-refractivity contribution in [3.05, 3.63) is 29.8 Å². The molecular formula is C14H22N2O2. The number of likely N-dealkylation sites (tertiary alicyclic amines) is 1. The lowest BCUT2D eigenvalue weighted by atomic mass is 10.0. The molecule has 0 aromatic heterocycles. The fourth-order valence-electron chi connectivity index (χ4n) is 2.60. The Hall–Kier alpha value is -1.10. The van der Waals surface area contributed by atoms with Crippen molar-refractivity contribution in [2.45, 2.75) is 18.5 Å². The molecule has 1 heterocycles. The summed E-state index contributed by atoms with van der Waals surface area (Å²) in [5, 5.41) is 0. The van der Waals surface area contributed by atoms with Gasteiger partial charge in [0.15, 0.2) is 0 Å². The van der Waals surface area contributed by atoms with Crippen LogP contribution in [0.15, 0.2) is 24.3 Å². The molecule has 2 atom stereocenters. The molecule has 1 aliphatic heterocycles. The average molecular weight is 250 g/mol. The van der Waals surface area contributed by atoms with E-state index in [1.165, 1.54) is 5.56 Å². The molecule has 1 aromatic carbocycles. The fraction of sp³-hybridized carbons (Fsp3) is 0.571. The highest BCUT2D eigenvalue weighted by atomic mass is 16.5. The zero-order chi connectivity index (χ0) is 13.0. The van der Waals surface area contributed by atoms with Gasteiger partial charge in [0.05, 0.1) is 19.8 Å². The molecule has 0 saturated carbocycles. The Bertz CT molecular complexity index is 367. The Morgan fingerprint density at radius 3 is 2.61 bits per heavy atom. The van der Waals surface area contributed by atoms with E-state index in [2.05, 4.69) is 17.0 Å². The Balaban J connectivity index is 2.11. The largest absolute Gasteiger partial charge is 0.497 e. The Kier molecular flexibility index (Phi) is 4.58. The first-order valence-electron chi connectivity index (χ1n) is 6.38. The quantitative estimate of drug-likeness (QED) is 0.858. The molecule has 0 spiro atoms. The second-order valence-electron chi connectivity index (χ2n) is 4.70. The van der Waals surface area contributed by atoms with Crippen molar-refractivity contribution in [2.75, 3.05) is 33.9 Å². The lowest BCUT2D eigenvalue weighted by Crippen LogP contribution is -2.33. The third kappa shape index (κ3) is 2.83. The minimum atomic E-state index is 0.204. The van der Waals surface area contributed by atoms with Crippen LogP contribution in [0.25, 0.3) is 0 Å². The van der Waals surface area contributed by atoms with E-state index in [9.17, 15) is 0 Å². The van der Waals surface area contributed by atoms with Gasteiger partial charge in [0.1, 0.15) is 5.75 Å². The van der Waals surface area contributed by atoms with Crippen LogP contribution >= 0.6 is 0 Å². The van der Waals surface area contributed by atoms with Crippen molar-refractivity contribution in [3.63, 3.8) is 0 Å². The van der Waals surface area contributed by atoms with E-state index in [0.29, 0.717) is 6.04 Å². The molecule has 1 fully saturated rings. The number of rotatable bonds is 5. The standard InChI is InChI=1S/C14H22N2O2/c1-17-10-9-16-8-7-13(15)14(16)11-3-5-12(18-2)6-4-11/h3-6,13-14H,7-10,15H2,1-2H3. The van der Waals surface area contributed by atoms with Crippen molar-refractivity contribution in [2.24, 2.45) is 5.73 Å². The summed E-state index contributed by atoms with van der Waals surface area (Å²) in [6.45, 7) is 2.72. The van der Waals surface area contributed by atoms with Gasteiger partial charge >= 0.3 is 0 Å². The van der Waals surface area contributed by atoms with Crippen LogP contribution in [0.5, 0.6) is 5.75 Å². The van der Waals surface area contributed by atoms with Gasteiger partial charge in [0, 0.05) is 26.2 Å². The summed E-state index contributed by atoms with van der Waals surface area (Å²) >= 11 is 0. The first-order chi connectivity index (χ1) is 8.76. The summed E-state index contributed by atoms with van der Waals surface area (Å²) in [5.41, 5.74) is 7.49. The van der Waals surface area contributed by atoms with Crippen LogP contribution in [0.1, 0.15) is 18.0 Å². The van der Waals surface area contributed by atoms with E-state index in [-0.39, 0.29) is 6.04 Å². The van der Waals surface area contributed by atoms with Crippen LogP contribution in [0.2, 0.25) is 0 Å². The number of ether oxygens (including phenoxy) is 2. The van der Waals surface area contributed by atoms with Gasteiger partial charge in [-0.1, -0.05) is 12.1 Å². The Labute approximate surface area is 109 Å². The van der Waals surface area contributed by atoms with Crippen molar-refractivity contribution < 1.29 is 9.47 Å². The second-order valence-corrected chi connectivity index (χ2v) is 4.70. The summed E-state index contributed by atoms with van der Waals surface area (Å²) in [6.07, 6.45) is 1.04. The lowest BCUT2D eigenvalue weighted by Gasteiger charge is -2.27. The molecule has 1 aromatic rings. The van der Waals surface area contributed by atoms with Crippen LogP contribution in [0, 0.1) is 0 Å². The molecular weight excluding hydrogens is 228 g/mol. The molecule has 2 unspecified atom stereocenters. The molecule has 2 N–H and O–H groups in total. The predicted molar refractivity (Wildman–Crippen MR) is 71.8 cm³/mol. The van der Waals surface area contributed by atoms with Gasteiger partial charge in [-0.05, 0) is 24.1 Å². The third-order valence-corrected chi connectivity index (χ3v) is 3.59. The smallest absolute Gasteiger partial charge is 0.118 e. The minimum absolute atomic E-state index is 0.204. The highest BCUT2D eigenvalue weighted by molar-refractivity contribution is 5.30. The third-order valence-electron chi connectivity index (χ3n) is 3.59. The van der Waals surface area contributed by atoms with Crippen molar-refractivity contribution in [1.29, 1.82) is 0 Å². The lowest BCUT2D eigenvalue weighted by molar-refractivity contribution is 0.139. The number of hydrogen-bond donors (Lipinski definition) is 1. The van der Waals surface area contributed by atoms with E-state index >= 15 is 0 Å². The van der Waals surface area contributed by atoms with E-state index in [4.69, 9.17) is 15.2 Å². The highest BCUT2D eigenvalue weighted by Crippen LogP contribution is 2.31. The Morgan fingerprint density at radius 2 is 2.00 bits per heavy atom. The van der Waals surface area contributed by atoms with Crippen molar-refractivity contribution in [3.8, 4) is 5.75 Å². The normalized spacial score (nSPS) is 24.4. The minimum Gasteiger partial charge on any atom is -0.497 e. The van der Waals surface area contributed by atoms with E-state index in [0.717, 1.165) is 31.9 Å². The predicted octanol–water partition coefficient (Wildman–Crippen LogP) is 1.42. The van der Waals surface area contributed by atoms with Crippen molar-refractivity contribution >= 4 is 0 Å². The molecule has 4 heteroatoms. The number of benzene rings is 1. The van der Waals surface area contributed by atoms with Gasteiger partial charge in [-0.25, -0.2) is 0 Å². The van der Waals surface area contributed by atoms with E-state index in [1.807, 2.05) is 12.1 Å². The number of nitrogens with two attached hydrogens (primary N) is 1. The van der Waals surface area contributed by atoms with Gasteiger partial charge < -0.3 is 15.2 Å². The van der Waals surface area contributed by atoms with Crippen LogP contribution in [-0.4, -0.2) is 44.9 Å². The summed E-state index contributed by atoms with van der Waals surface area (Å²) in [5.74, 6) is 0.883. The molecule has 100 valence electrons. The van der Waals surface area contributed by atoms with Gasteiger partial charge in [-0.3, -0.25) is 4.90 Å². The maximum absolute atomic E-state index is 6.23. The molecule has 1 saturated heterocycles. The second kappa shape index (κ2) is 6.18. The number of nitrogens with zero attached hydrogens (tertiary/aromatic N) is 1. The van der Waals surface area contributed by atoms with Gasteiger partial charge in [0.2, 0.25) is 0 Å². The SMILES string of the molecule is COCCN1CCC(N)C1c1ccc(OC)cc1. The van der Waals surface area contributed by atoms with Gasteiger partial charge in [0.25, 0.3) is 0 Å². The molecule has 0 aliphatic carbocycles. The molecule has 0 amide bonds. The average Bonchev–Trinajstić information content (AvgIpc) is 2.77. The summed E-state index contributed by atoms with van der Waals surface area (Å²) in [4.78, 5) is 2.40. The fourth-order valence-corrected chi connectivity index (χ4v) is 2.60. The number of hydrogen-bond acceptors (Lipinski definition) is 4. The summed E-state index contributed by atoms with van der Waals surface area (Å²) < 4.78 is 10.3. The van der Waals surface area contributed by atoms with E-state index < -0.39 is 0 Å². The zero-order valence-electron chi connectivity index (χ0n) is 11.1. The topological polar surface area (TPSA) is 47.7 Å². The Morgan fingerprint density at radius 1 is 1.28 bits per heavy atom. The van der Waals surface area contributed by atoms with Gasteiger partial charge in [-0.15, -0.1) is 0 Å². The highest BCUT2D eigenvalue weighted by Gasteiger charge is 2.32. The molecule has 0 bridgehead atoms. The van der Waals surface area contributed by atoms with Crippen molar-refractivity contribution in [1.82, 2.24) is 4.90 Å². The molecule has 2 rings (SSSR count). The van der Waals surface area contributed by atoms with Crippen LogP contribution in [-0.2, 0) is 4.74 Å². The van der Waals surface area contributed by atoms with Crippen LogP contribution < -0.4 is 10.5 Å². The van der Waals surface area contributed by atoms with Gasteiger partial charge in [-0.2, -0.15) is 0 Å². The number of methoxy groups -OCH3 is 2. The van der Waals surface area contributed by atoms with Crippen LogP contribution in [0.4, 0.5) is 0 Å². The molecule has 4 nitrogen and oxygen atoms in total. The first-order valence-corrected chi connectivity index (χ1v) is 6.38. The molecule has 0 radical (unpaired) electrons. The maximum Gasteiger partial charge on any atom is 0.118 e. The zero-order valence-corrected chi connectivity index (χ0v) is 11.1. The molecule has 1 aliphatic rings.